The lowest BCUT2D eigenvalue weighted by Crippen LogP contribution is -2.14. The van der Waals surface area contributed by atoms with E-state index in [2.05, 4.69) is 84.9 Å². The second-order valence-corrected chi connectivity index (χ2v) is 8.99. The highest BCUT2D eigenvalue weighted by atomic mass is 16.5. The van der Waals surface area contributed by atoms with Gasteiger partial charge in [0.15, 0.2) is 0 Å². The van der Waals surface area contributed by atoms with Crippen LogP contribution in [-0.2, 0) is 10.2 Å². The molecule has 1 nitrogen and oxygen atoms in total. The Bertz CT molecular complexity index is 762. The Balaban J connectivity index is 2.11. The van der Waals surface area contributed by atoms with E-state index in [0.717, 1.165) is 6.61 Å². The molecule has 134 valence electrons. The van der Waals surface area contributed by atoms with Crippen LogP contribution in [-0.4, -0.2) is 12.7 Å². The molecule has 0 spiro atoms. The first-order valence-corrected chi connectivity index (χ1v) is 9.58. The number of hydrogen-bond acceptors (Lipinski definition) is 1. The maximum Gasteiger partial charge on any atom is 0.0579 e. The molecule has 1 heteroatoms. The minimum Gasteiger partial charge on any atom is -0.378 e. The Kier molecular flexibility index (Phi) is 4.81. The van der Waals surface area contributed by atoms with Crippen LogP contribution in [0.3, 0.4) is 0 Å². The molecule has 0 amide bonds. The predicted octanol–water partition coefficient (Wildman–Crippen LogP) is 6.64. The molecule has 0 radical (unpaired) electrons. The molecule has 25 heavy (non-hydrogen) atoms. The van der Waals surface area contributed by atoms with Crippen molar-refractivity contribution in [3.05, 3.63) is 58.7 Å². The molecular formula is C24H32O. The van der Waals surface area contributed by atoms with Gasteiger partial charge in [0.25, 0.3) is 0 Å². The molecule has 1 aliphatic carbocycles. The van der Waals surface area contributed by atoms with Crippen molar-refractivity contribution in [3.63, 3.8) is 0 Å². The molecule has 0 fully saturated rings. The van der Waals surface area contributed by atoms with Gasteiger partial charge in [0.1, 0.15) is 0 Å². The van der Waals surface area contributed by atoms with Gasteiger partial charge in [-0.2, -0.15) is 0 Å². The van der Waals surface area contributed by atoms with Gasteiger partial charge in [-0.05, 0) is 58.6 Å². The van der Waals surface area contributed by atoms with Crippen molar-refractivity contribution in [3.8, 4) is 11.1 Å². The zero-order valence-corrected chi connectivity index (χ0v) is 16.8. The van der Waals surface area contributed by atoms with Crippen molar-refractivity contribution in [1.29, 1.82) is 0 Å². The Morgan fingerprint density at radius 3 is 2.04 bits per heavy atom. The van der Waals surface area contributed by atoms with E-state index in [9.17, 15) is 0 Å². The second-order valence-electron chi connectivity index (χ2n) is 8.99. The first-order valence-electron chi connectivity index (χ1n) is 9.58. The smallest absolute Gasteiger partial charge is 0.0579 e. The number of hydrogen-bond donors (Lipinski definition) is 0. The summed E-state index contributed by atoms with van der Waals surface area (Å²) in [6.07, 6.45) is 0.256. The molecule has 0 aromatic heterocycles. The molecule has 0 saturated heterocycles. The third-order valence-electron chi connectivity index (χ3n) is 5.30. The number of benzene rings is 2. The molecule has 2 aromatic carbocycles. The summed E-state index contributed by atoms with van der Waals surface area (Å²) in [5.41, 5.74) is 8.62. The number of fused-ring (bicyclic) bond motifs is 3. The number of rotatable bonds is 4. The van der Waals surface area contributed by atoms with Crippen molar-refractivity contribution < 1.29 is 4.74 Å². The van der Waals surface area contributed by atoms with E-state index in [0.29, 0.717) is 11.8 Å². The lowest BCUT2D eigenvalue weighted by atomic mass is 9.84. The summed E-state index contributed by atoms with van der Waals surface area (Å²) in [7, 11) is 0. The summed E-state index contributed by atoms with van der Waals surface area (Å²) in [6, 6.07) is 14.0. The third kappa shape index (κ3) is 3.53. The Morgan fingerprint density at radius 2 is 1.48 bits per heavy atom. The zero-order valence-electron chi connectivity index (χ0n) is 16.8. The van der Waals surface area contributed by atoms with Crippen LogP contribution in [0.15, 0.2) is 36.4 Å². The lowest BCUT2D eigenvalue weighted by molar-refractivity contribution is 0.0739. The highest BCUT2D eigenvalue weighted by Gasteiger charge is 2.31. The summed E-state index contributed by atoms with van der Waals surface area (Å²) >= 11 is 0. The van der Waals surface area contributed by atoms with Crippen molar-refractivity contribution in [2.24, 2.45) is 0 Å². The van der Waals surface area contributed by atoms with Crippen LogP contribution < -0.4 is 0 Å². The second kappa shape index (κ2) is 6.61. The Labute approximate surface area is 153 Å². The SMILES string of the molecule is CC(C)OCC1c2cc(C(C)C)ccc2-c2ccc(C(C)(C)C)cc21. The maximum atomic E-state index is 6.07. The van der Waals surface area contributed by atoms with Gasteiger partial charge in [-0.25, -0.2) is 0 Å². The maximum absolute atomic E-state index is 6.07. The van der Waals surface area contributed by atoms with Crippen LogP contribution in [0.2, 0.25) is 0 Å². The van der Waals surface area contributed by atoms with Crippen LogP contribution in [0.5, 0.6) is 0 Å². The average molecular weight is 337 g/mol. The standard InChI is InChI=1S/C24H32O/c1-15(2)17-8-10-19-20-11-9-18(24(5,6)7)13-22(20)23(21(19)12-17)14-25-16(3)4/h8-13,15-16,23H,14H2,1-7H3. The molecule has 3 rings (SSSR count). The minimum atomic E-state index is 0.163. The topological polar surface area (TPSA) is 9.23 Å². The van der Waals surface area contributed by atoms with Crippen LogP contribution in [0.1, 0.15) is 82.6 Å². The molecule has 1 atom stereocenters. The lowest BCUT2D eigenvalue weighted by Gasteiger charge is -2.22. The van der Waals surface area contributed by atoms with Crippen molar-refractivity contribution in [2.45, 2.75) is 71.8 Å². The quantitative estimate of drug-likeness (QED) is 0.607. The summed E-state index contributed by atoms with van der Waals surface area (Å²) in [5.74, 6) is 0.888. The highest BCUT2D eigenvalue weighted by molar-refractivity contribution is 5.79. The largest absolute Gasteiger partial charge is 0.378 e. The van der Waals surface area contributed by atoms with Gasteiger partial charge in [-0.15, -0.1) is 0 Å². The van der Waals surface area contributed by atoms with Crippen LogP contribution in [0.4, 0.5) is 0 Å². The van der Waals surface area contributed by atoms with E-state index < -0.39 is 0 Å². The molecule has 0 bridgehead atoms. The number of ether oxygens (including phenoxy) is 1. The third-order valence-corrected chi connectivity index (χ3v) is 5.30. The van der Waals surface area contributed by atoms with Gasteiger partial charge in [0.05, 0.1) is 12.7 Å². The van der Waals surface area contributed by atoms with E-state index in [-0.39, 0.29) is 11.5 Å². The van der Waals surface area contributed by atoms with Gasteiger partial charge in [-0.3, -0.25) is 0 Å². The fourth-order valence-corrected chi connectivity index (χ4v) is 3.67. The van der Waals surface area contributed by atoms with Crippen LogP contribution >= 0.6 is 0 Å². The molecule has 2 aromatic rings. The van der Waals surface area contributed by atoms with E-state index in [1.165, 1.54) is 33.4 Å². The summed E-state index contributed by atoms with van der Waals surface area (Å²) in [6.45, 7) is 16.4. The normalized spacial score (nSPS) is 16.4. The zero-order chi connectivity index (χ0) is 18.4. The fourth-order valence-electron chi connectivity index (χ4n) is 3.67. The average Bonchev–Trinajstić information content (AvgIpc) is 2.84. The Morgan fingerprint density at radius 1 is 0.880 bits per heavy atom. The van der Waals surface area contributed by atoms with Gasteiger partial charge in [-0.1, -0.05) is 71.0 Å². The van der Waals surface area contributed by atoms with E-state index >= 15 is 0 Å². The Hall–Kier alpha value is -1.60. The molecule has 0 heterocycles. The van der Waals surface area contributed by atoms with Crippen LogP contribution in [0, 0.1) is 0 Å². The molecule has 0 N–H and O–H groups in total. The van der Waals surface area contributed by atoms with E-state index in [1.807, 2.05) is 0 Å². The van der Waals surface area contributed by atoms with Crippen molar-refractivity contribution >= 4 is 0 Å². The molecule has 1 aliphatic rings. The summed E-state index contributed by atoms with van der Waals surface area (Å²) < 4.78 is 6.07. The van der Waals surface area contributed by atoms with E-state index in [4.69, 9.17) is 4.74 Å². The monoisotopic (exact) mass is 336 g/mol. The van der Waals surface area contributed by atoms with Gasteiger partial charge >= 0.3 is 0 Å². The summed E-state index contributed by atoms with van der Waals surface area (Å²) in [4.78, 5) is 0. The minimum absolute atomic E-state index is 0.163. The molecule has 0 saturated carbocycles. The van der Waals surface area contributed by atoms with E-state index in [1.54, 1.807) is 0 Å². The predicted molar refractivity (Wildman–Crippen MR) is 108 cm³/mol. The molecule has 0 aliphatic heterocycles. The van der Waals surface area contributed by atoms with Gasteiger partial charge in [0, 0.05) is 5.92 Å². The van der Waals surface area contributed by atoms with Gasteiger partial charge < -0.3 is 4.74 Å². The van der Waals surface area contributed by atoms with Crippen molar-refractivity contribution in [2.75, 3.05) is 6.61 Å². The van der Waals surface area contributed by atoms with Crippen LogP contribution in [0.25, 0.3) is 11.1 Å². The van der Waals surface area contributed by atoms with Crippen molar-refractivity contribution in [1.82, 2.24) is 0 Å². The first-order chi connectivity index (χ1) is 11.7. The molecule has 1 unspecified atom stereocenters. The molecular weight excluding hydrogens is 304 g/mol. The fraction of sp³-hybridized carbons (Fsp3) is 0.500. The first kappa shape index (κ1) is 18.2. The highest BCUT2D eigenvalue weighted by Crippen LogP contribution is 2.47. The summed E-state index contributed by atoms with van der Waals surface area (Å²) in [5, 5.41) is 0. The van der Waals surface area contributed by atoms with Gasteiger partial charge in [0.2, 0.25) is 0 Å².